The summed E-state index contributed by atoms with van der Waals surface area (Å²) < 4.78 is 26.5. The number of rotatable bonds is 1. The van der Waals surface area contributed by atoms with Gasteiger partial charge in [-0.25, -0.2) is 0 Å². The van der Waals surface area contributed by atoms with Crippen molar-refractivity contribution in [1.82, 2.24) is 0 Å². The highest BCUT2D eigenvalue weighted by Gasteiger charge is 2.29. The van der Waals surface area contributed by atoms with Gasteiger partial charge in [-0.1, -0.05) is 6.07 Å². The van der Waals surface area contributed by atoms with E-state index in [2.05, 4.69) is 4.40 Å². The average molecular weight is 211 g/mol. The van der Waals surface area contributed by atoms with Crippen LogP contribution in [0.15, 0.2) is 27.5 Å². The van der Waals surface area contributed by atoms with Crippen LogP contribution in [-0.2, 0) is 10.0 Å². The fourth-order valence-corrected chi connectivity index (χ4v) is 2.75. The van der Waals surface area contributed by atoms with Gasteiger partial charge in [0.15, 0.2) is 0 Å². The molecule has 0 saturated heterocycles. The van der Waals surface area contributed by atoms with Gasteiger partial charge in [0.2, 0.25) is 0 Å². The first-order chi connectivity index (χ1) is 6.56. The summed E-state index contributed by atoms with van der Waals surface area (Å²) in [5.74, 6) is 0. The van der Waals surface area contributed by atoms with Gasteiger partial charge in [0, 0.05) is 17.8 Å². The van der Waals surface area contributed by atoms with Crippen LogP contribution < -0.4 is 11.5 Å². The lowest BCUT2D eigenvalue weighted by atomic mass is 10.1. The van der Waals surface area contributed by atoms with Gasteiger partial charge in [-0.2, -0.15) is 12.8 Å². The van der Waals surface area contributed by atoms with Gasteiger partial charge >= 0.3 is 0 Å². The molecule has 1 aromatic carbocycles. The highest BCUT2D eigenvalue weighted by molar-refractivity contribution is 7.90. The number of nitrogen functional groups attached to an aromatic ring is 1. The molecular weight excluding hydrogens is 202 g/mol. The summed E-state index contributed by atoms with van der Waals surface area (Å²) in [6.45, 7) is 0.0699. The van der Waals surface area contributed by atoms with E-state index in [-0.39, 0.29) is 11.4 Å². The smallest absolute Gasteiger partial charge is 0.283 e. The molecule has 0 spiro atoms. The molecule has 2 rings (SSSR count). The third kappa shape index (κ3) is 1.11. The van der Waals surface area contributed by atoms with Crippen LogP contribution in [0.3, 0.4) is 0 Å². The van der Waals surface area contributed by atoms with Gasteiger partial charge in [0.05, 0.1) is 5.71 Å². The summed E-state index contributed by atoms with van der Waals surface area (Å²) in [5, 5.41) is 0. The number of sulfonamides is 1. The standard InChI is InChI=1S/C8H9N3O2S/c9-4-6-8-5(10)2-1-3-7(8)14(12,13)11-6/h1-3H,4,9-10H2. The molecule has 74 valence electrons. The van der Waals surface area contributed by atoms with Gasteiger partial charge in [-0.3, -0.25) is 0 Å². The van der Waals surface area contributed by atoms with Crippen molar-refractivity contribution in [2.75, 3.05) is 12.3 Å². The number of fused-ring (bicyclic) bond motifs is 1. The molecule has 0 radical (unpaired) electrons. The predicted octanol–water partition coefficient (Wildman–Crippen LogP) is -0.281. The summed E-state index contributed by atoms with van der Waals surface area (Å²) in [7, 11) is -3.56. The Morgan fingerprint density at radius 2 is 2.07 bits per heavy atom. The first-order valence-corrected chi connectivity index (χ1v) is 5.43. The SMILES string of the molecule is NCC1=NS(=O)(=O)c2cccc(N)c21. The van der Waals surface area contributed by atoms with Crippen molar-refractivity contribution in [1.29, 1.82) is 0 Å². The quantitative estimate of drug-likeness (QED) is 0.624. The lowest BCUT2D eigenvalue weighted by Gasteiger charge is -2.02. The van der Waals surface area contributed by atoms with E-state index in [4.69, 9.17) is 11.5 Å². The Balaban J connectivity index is 2.82. The van der Waals surface area contributed by atoms with Crippen molar-refractivity contribution in [3.63, 3.8) is 0 Å². The van der Waals surface area contributed by atoms with Crippen LogP contribution in [0.5, 0.6) is 0 Å². The molecule has 6 heteroatoms. The van der Waals surface area contributed by atoms with E-state index in [1.807, 2.05) is 0 Å². The van der Waals surface area contributed by atoms with Crippen LogP contribution in [0.4, 0.5) is 5.69 Å². The van der Waals surface area contributed by atoms with E-state index in [0.717, 1.165) is 0 Å². The van der Waals surface area contributed by atoms with Crippen molar-refractivity contribution in [3.05, 3.63) is 23.8 Å². The molecule has 4 N–H and O–H groups in total. The zero-order valence-corrected chi connectivity index (χ0v) is 8.08. The number of nitrogens with two attached hydrogens (primary N) is 2. The topological polar surface area (TPSA) is 98.5 Å². The maximum Gasteiger partial charge on any atom is 0.283 e. The van der Waals surface area contributed by atoms with E-state index in [1.165, 1.54) is 6.07 Å². The fraction of sp³-hybridized carbons (Fsp3) is 0.125. The first-order valence-electron chi connectivity index (χ1n) is 3.99. The minimum absolute atomic E-state index is 0.0699. The third-order valence-electron chi connectivity index (χ3n) is 2.05. The monoisotopic (exact) mass is 211 g/mol. The summed E-state index contributed by atoms with van der Waals surface area (Å²) in [6, 6.07) is 4.69. The van der Waals surface area contributed by atoms with Crippen LogP contribution in [0.1, 0.15) is 5.56 Å². The maximum absolute atomic E-state index is 11.5. The normalized spacial score (nSPS) is 17.6. The van der Waals surface area contributed by atoms with E-state index in [0.29, 0.717) is 17.0 Å². The molecule has 1 aromatic rings. The van der Waals surface area contributed by atoms with Crippen LogP contribution in [0.2, 0.25) is 0 Å². The van der Waals surface area contributed by atoms with Crippen LogP contribution in [-0.4, -0.2) is 20.7 Å². The Kier molecular flexibility index (Phi) is 1.83. The molecule has 0 aromatic heterocycles. The molecular formula is C8H9N3O2S. The molecule has 1 heterocycles. The summed E-state index contributed by atoms with van der Waals surface area (Å²) in [6.07, 6.45) is 0. The van der Waals surface area contributed by atoms with Crippen molar-refractivity contribution in [2.24, 2.45) is 10.1 Å². The highest BCUT2D eigenvalue weighted by Crippen LogP contribution is 2.29. The van der Waals surface area contributed by atoms with E-state index < -0.39 is 10.0 Å². The van der Waals surface area contributed by atoms with Gasteiger partial charge in [-0.15, -0.1) is 0 Å². The number of benzene rings is 1. The summed E-state index contributed by atoms with van der Waals surface area (Å²) in [5.41, 5.74) is 12.2. The number of hydrogen-bond acceptors (Lipinski definition) is 4. The molecule has 0 fully saturated rings. The van der Waals surface area contributed by atoms with Crippen molar-refractivity contribution >= 4 is 21.4 Å². The molecule has 0 aliphatic carbocycles. The molecule has 1 aliphatic heterocycles. The minimum atomic E-state index is -3.56. The van der Waals surface area contributed by atoms with Gasteiger partial charge in [0.25, 0.3) is 10.0 Å². The van der Waals surface area contributed by atoms with Crippen LogP contribution in [0, 0.1) is 0 Å². The summed E-state index contributed by atoms with van der Waals surface area (Å²) in [4.78, 5) is 0.151. The first kappa shape index (κ1) is 9.17. The van der Waals surface area contributed by atoms with E-state index >= 15 is 0 Å². The van der Waals surface area contributed by atoms with Crippen LogP contribution in [0.25, 0.3) is 0 Å². The zero-order valence-electron chi connectivity index (χ0n) is 7.27. The van der Waals surface area contributed by atoms with Crippen LogP contribution >= 0.6 is 0 Å². The Bertz CT molecular complexity index is 519. The second-order valence-corrected chi connectivity index (χ2v) is 4.51. The molecule has 0 saturated carbocycles. The third-order valence-corrected chi connectivity index (χ3v) is 3.41. The molecule has 0 atom stereocenters. The van der Waals surface area contributed by atoms with Gasteiger partial charge in [0.1, 0.15) is 4.90 Å². The molecule has 1 aliphatic rings. The van der Waals surface area contributed by atoms with E-state index in [9.17, 15) is 8.42 Å². The zero-order chi connectivity index (χ0) is 10.3. The lowest BCUT2D eigenvalue weighted by molar-refractivity contribution is 0.599. The average Bonchev–Trinajstić information content (AvgIpc) is 2.40. The maximum atomic E-state index is 11.5. The highest BCUT2D eigenvalue weighted by atomic mass is 32.2. The van der Waals surface area contributed by atoms with Crippen molar-refractivity contribution in [3.8, 4) is 0 Å². The second kappa shape index (κ2) is 2.79. The fourth-order valence-electron chi connectivity index (χ4n) is 1.45. The molecule has 0 amide bonds. The van der Waals surface area contributed by atoms with E-state index in [1.54, 1.807) is 12.1 Å². The Labute approximate surface area is 81.5 Å². The second-order valence-electron chi connectivity index (χ2n) is 2.94. The largest absolute Gasteiger partial charge is 0.398 e. The molecule has 14 heavy (non-hydrogen) atoms. The van der Waals surface area contributed by atoms with Crippen molar-refractivity contribution < 1.29 is 8.42 Å². The number of anilines is 1. The number of hydrogen-bond donors (Lipinski definition) is 2. The van der Waals surface area contributed by atoms with Gasteiger partial charge < -0.3 is 11.5 Å². The summed E-state index contributed by atoms with van der Waals surface area (Å²) >= 11 is 0. The van der Waals surface area contributed by atoms with Gasteiger partial charge in [-0.05, 0) is 12.1 Å². The Morgan fingerprint density at radius 1 is 1.36 bits per heavy atom. The molecule has 5 nitrogen and oxygen atoms in total. The lowest BCUT2D eigenvalue weighted by Crippen LogP contribution is -2.14. The Morgan fingerprint density at radius 3 is 2.71 bits per heavy atom. The predicted molar refractivity (Wildman–Crippen MR) is 53.6 cm³/mol. The Hall–Kier alpha value is -1.40. The number of nitrogens with zero attached hydrogens (tertiary/aromatic N) is 1. The molecule has 0 bridgehead atoms. The molecule has 0 unspecified atom stereocenters. The van der Waals surface area contributed by atoms with Crippen molar-refractivity contribution in [2.45, 2.75) is 4.90 Å². The minimum Gasteiger partial charge on any atom is -0.398 e.